The van der Waals surface area contributed by atoms with Gasteiger partial charge in [0.2, 0.25) is 0 Å². The van der Waals surface area contributed by atoms with Gasteiger partial charge in [-0.05, 0) is 53.9 Å². The highest BCUT2D eigenvalue weighted by molar-refractivity contribution is 6.00. The Morgan fingerprint density at radius 2 is 2.21 bits per heavy atom. The predicted molar refractivity (Wildman–Crippen MR) is 71.1 cm³/mol. The first-order chi connectivity index (χ1) is 9.15. The summed E-state index contributed by atoms with van der Waals surface area (Å²) < 4.78 is 18.9. The number of benzene rings is 1. The van der Waals surface area contributed by atoms with Crippen LogP contribution in [-0.2, 0) is 9.53 Å². The first-order valence-corrected chi connectivity index (χ1v) is 6.75. The number of carbonyl (C=O) groups is 1. The Bertz CT molecular complexity index is 574. The summed E-state index contributed by atoms with van der Waals surface area (Å²) in [5.41, 5.74) is 3.46. The topological polar surface area (TPSA) is 26.3 Å². The second-order valence-electron chi connectivity index (χ2n) is 5.37. The minimum atomic E-state index is -0.260. The van der Waals surface area contributed by atoms with Gasteiger partial charge in [0.1, 0.15) is 5.82 Å². The van der Waals surface area contributed by atoms with Crippen LogP contribution in [0.15, 0.2) is 23.8 Å². The summed E-state index contributed by atoms with van der Waals surface area (Å²) in [6.45, 7) is 2.06. The number of hydrogen-bond donors (Lipinski definition) is 0. The average molecular weight is 260 g/mol. The van der Waals surface area contributed by atoms with E-state index in [9.17, 15) is 9.18 Å². The molecule has 0 fully saturated rings. The number of ether oxygens (including phenoxy) is 1. The molecule has 0 unspecified atom stereocenters. The number of halogens is 1. The molecular weight excluding hydrogens is 243 g/mol. The highest BCUT2D eigenvalue weighted by Gasteiger charge is 2.40. The van der Waals surface area contributed by atoms with Crippen LogP contribution in [0.1, 0.15) is 43.2 Å². The molecule has 0 saturated heterocycles. The zero-order valence-electron chi connectivity index (χ0n) is 11.2. The summed E-state index contributed by atoms with van der Waals surface area (Å²) in [6, 6.07) is 5.16. The molecule has 0 heterocycles. The van der Waals surface area contributed by atoms with Crippen LogP contribution in [0.4, 0.5) is 4.39 Å². The minimum absolute atomic E-state index is 0.145. The lowest BCUT2D eigenvalue weighted by molar-refractivity contribution is -0.136. The predicted octanol–water partition coefficient (Wildman–Crippen LogP) is 3.67. The Balaban J connectivity index is 2.24. The van der Waals surface area contributed by atoms with Crippen LogP contribution in [0.3, 0.4) is 0 Å². The number of carbonyl (C=O) groups excluding carboxylic acids is 1. The summed E-state index contributed by atoms with van der Waals surface area (Å²) in [5.74, 6) is -0.0129. The molecule has 0 saturated carbocycles. The van der Waals surface area contributed by atoms with Crippen LogP contribution in [0.2, 0.25) is 0 Å². The second kappa shape index (κ2) is 4.48. The van der Waals surface area contributed by atoms with E-state index in [-0.39, 0.29) is 23.6 Å². The zero-order valence-corrected chi connectivity index (χ0v) is 11.2. The van der Waals surface area contributed by atoms with Crippen molar-refractivity contribution in [2.24, 2.45) is 5.92 Å². The van der Waals surface area contributed by atoms with Gasteiger partial charge < -0.3 is 4.74 Å². The monoisotopic (exact) mass is 260 g/mol. The van der Waals surface area contributed by atoms with Crippen LogP contribution >= 0.6 is 0 Å². The Morgan fingerprint density at radius 1 is 1.42 bits per heavy atom. The molecule has 100 valence electrons. The second-order valence-corrected chi connectivity index (χ2v) is 5.37. The van der Waals surface area contributed by atoms with Gasteiger partial charge in [0, 0.05) is 5.57 Å². The van der Waals surface area contributed by atoms with Crippen molar-refractivity contribution in [2.45, 2.75) is 32.1 Å². The lowest BCUT2D eigenvalue weighted by Gasteiger charge is -2.25. The fourth-order valence-corrected chi connectivity index (χ4v) is 3.63. The average Bonchev–Trinajstić information content (AvgIpc) is 2.73. The van der Waals surface area contributed by atoms with Gasteiger partial charge in [-0.15, -0.1) is 0 Å². The molecule has 0 radical (unpaired) electrons. The molecule has 0 aromatic heterocycles. The molecule has 0 spiro atoms. The van der Waals surface area contributed by atoms with Crippen molar-refractivity contribution >= 4 is 11.5 Å². The van der Waals surface area contributed by atoms with Gasteiger partial charge in [0.05, 0.1) is 7.11 Å². The van der Waals surface area contributed by atoms with Crippen LogP contribution in [-0.4, -0.2) is 13.1 Å². The Hall–Kier alpha value is -1.64. The van der Waals surface area contributed by atoms with E-state index in [1.54, 1.807) is 6.07 Å². The van der Waals surface area contributed by atoms with Crippen LogP contribution in [0, 0.1) is 11.7 Å². The largest absolute Gasteiger partial charge is 0.466 e. The van der Waals surface area contributed by atoms with Crippen molar-refractivity contribution < 1.29 is 13.9 Å². The summed E-state index contributed by atoms with van der Waals surface area (Å²) in [5, 5.41) is 0. The van der Waals surface area contributed by atoms with Crippen molar-refractivity contribution in [2.75, 3.05) is 7.11 Å². The normalized spacial score (nSPS) is 25.0. The minimum Gasteiger partial charge on any atom is -0.466 e. The summed E-state index contributed by atoms with van der Waals surface area (Å²) >= 11 is 0. The lowest BCUT2D eigenvalue weighted by Crippen LogP contribution is -2.16. The number of methoxy groups -OCH3 is 1. The van der Waals surface area contributed by atoms with Crippen molar-refractivity contribution in [3.05, 3.63) is 40.7 Å². The van der Waals surface area contributed by atoms with Gasteiger partial charge in [-0.3, -0.25) is 0 Å². The van der Waals surface area contributed by atoms with Gasteiger partial charge in [-0.2, -0.15) is 0 Å². The van der Waals surface area contributed by atoms with Gasteiger partial charge in [-0.1, -0.05) is 19.1 Å². The number of fused-ring (bicyclic) bond motifs is 3. The molecule has 1 aromatic rings. The van der Waals surface area contributed by atoms with E-state index < -0.39 is 0 Å². The highest BCUT2D eigenvalue weighted by Crippen LogP contribution is 2.53. The van der Waals surface area contributed by atoms with Crippen LogP contribution in [0.5, 0.6) is 0 Å². The highest BCUT2D eigenvalue weighted by atomic mass is 19.1. The molecular formula is C16H17FO2. The van der Waals surface area contributed by atoms with Crippen molar-refractivity contribution in [1.82, 2.24) is 0 Å². The molecule has 19 heavy (non-hydrogen) atoms. The summed E-state index contributed by atoms with van der Waals surface area (Å²) in [7, 11) is 1.41. The molecule has 1 aromatic carbocycles. The van der Waals surface area contributed by atoms with Crippen molar-refractivity contribution in [3.8, 4) is 0 Å². The van der Waals surface area contributed by atoms with Gasteiger partial charge in [0.15, 0.2) is 0 Å². The summed E-state index contributed by atoms with van der Waals surface area (Å²) in [4.78, 5) is 11.9. The first-order valence-electron chi connectivity index (χ1n) is 6.75. The smallest absolute Gasteiger partial charge is 0.334 e. The van der Waals surface area contributed by atoms with E-state index in [1.807, 2.05) is 6.07 Å². The molecule has 0 N–H and O–H groups in total. The molecule has 0 amide bonds. The van der Waals surface area contributed by atoms with E-state index in [1.165, 1.54) is 13.2 Å². The maximum absolute atomic E-state index is 14.1. The molecule has 2 atom stereocenters. The van der Waals surface area contributed by atoms with E-state index in [0.717, 1.165) is 41.5 Å². The number of allylic oxidation sites excluding steroid dienone is 1. The molecule has 3 rings (SSSR count). The van der Waals surface area contributed by atoms with Crippen LogP contribution < -0.4 is 0 Å². The molecule has 0 bridgehead atoms. The van der Waals surface area contributed by atoms with Crippen molar-refractivity contribution in [3.63, 3.8) is 0 Å². The molecule has 2 aliphatic rings. The maximum atomic E-state index is 14.1. The Kier molecular flexibility index (Phi) is 2.92. The van der Waals surface area contributed by atoms with E-state index in [0.29, 0.717) is 0 Å². The Labute approximate surface area is 112 Å². The van der Waals surface area contributed by atoms with Crippen molar-refractivity contribution in [1.29, 1.82) is 0 Å². The quantitative estimate of drug-likeness (QED) is 0.720. The third-order valence-corrected chi connectivity index (χ3v) is 4.47. The van der Waals surface area contributed by atoms with Gasteiger partial charge in [-0.25, -0.2) is 9.18 Å². The lowest BCUT2D eigenvalue weighted by atomic mass is 9.80. The molecule has 2 aliphatic carbocycles. The standard InChI is InChI=1S/C16H17FO2/c1-9-10-5-3-7-12(16(18)19-2)15(10)11-6-4-8-13(17)14(9)11/h4,6,8-10H,3,5,7H2,1-2H3/t9-,10-/m0/s1. The maximum Gasteiger partial charge on any atom is 0.334 e. The van der Waals surface area contributed by atoms with E-state index >= 15 is 0 Å². The molecule has 0 aliphatic heterocycles. The fraction of sp³-hybridized carbons (Fsp3) is 0.438. The molecule has 3 heteroatoms. The first kappa shape index (κ1) is 12.4. The molecule has 2 nitrogen and oxygen atoms in total. The van der Waals surface area contributed by atoms with Gasteiger partial charge in [0.25, 0.3) is 0 Å². The fourth-order valence-electron chi connectivity index (χ4n) is 3.63. The Morgan fingerprint density at radius 3 is 2.95 bits per heavy atom. The zero-order chi connectivity index (χ0) is 13.6. The third-order valence-electron chi connectivity index (χ3n) is 4.47. The summed E-state index contributed by atoms with van der Waals surface area (Å²) in [6.07, 6.45) is 2.73. The third kappa shape index (κ3) is 1.71. The van der Waals surface area contributed by atoms with E-state index in [4.69, 9.17) is 4.74 Å². The van der Waals surface area contributed by atoms with Crippen LogP contribution in [0.25, 0.3) is 5.57 Å². The van der Waals surface area contributed by atoms with E-state index in [2.05, 4.69) is 6.92 Å². The van der Waals surface area contributed by atoms with Gasteiger partial charge >= 0.3 is 5.97 Å². The SMILES string of the molecule is COC(=O)C1=C2c3cccc(F)c3[C@@H](C)[C@@H]2CCC1. The number of hydrogen-bond acceptors (Lipinski definition) is 2. The number of rotatable bonds is 1. The number of esters is 1.